The number of methoxy groups -OCH3 is 1. The zero-order valence-electron chi connectivity index (χ0n) is 16.7. The van der Waals surface area contributed by atoms with E-state index >= 15 is 0 Å². The van der Waals surface area contributed by atoms with Crippen molar-refractivity contribution in [1.82, 2.24) is 14.9 Å². The highest BCUT2D eigenvalue weighted by Crippen LogP contribution is 2.23. The van der Waals surface area contributed by atoms with Crippen LogP contribution in [0.5, 0.6) is 5.75 Å². The highest BCUT2D eigenvalue weighted by molar-refractivity contribution is 5.90. The topological polar surface area (TPSA) is 77.4 Å². The molecule has 29 heavy (non-hydrogen) atoms. The fourth-order valence-electron chi connectivity index (χ4n) is 2.89. The Labute approximate surface area is 170 Å². The predicted molar refractivity (Wildman–Crippen MR) is 112 cm³/mol. The third-order valence-electron chi connectivity index (χ3n) is 4.40. The number of para-hydroxylation sites is 2. The third kappa shape index (κ3) is 6.08. The predicted octanol–water partition coefficient (Wildman–Crippen LogP) is 3.59. The number of nitrogens with one attached hydrogen (secondary N) is 2. The Morgan fingerprint density at radius 2 is 1.93 bits per heavy atom. The number of imidazole rings is 1. The summed E-state index contributed by atoms with van der Waals surface area (Å²) >= 11 is 0. The highest BCUT2D eigenvalue weighted by Gasteiger charge is 2.08. The van der Waals surface area contributed by atoms with Gasteiger partial charge in [-0.25, -0.2) is 9.78 Å². The van der Waals surface area contributed by atoms with Gasteiger partial charge in [0.15, 0.2) is 0 Å². The lowest BCUT2D eigenvalue weighted by atomic mass is 10.1. The van der Waals surface area contributed by atoms with Gasteiger partial charge in [-0.15, -0.1) is 0 Å². The maximum atomic E-state index is 12.3. The van der Waals surface area contributed by atoms with E-state index in [1.54, 1.807) is 19.4 Å². The molecule has 0 fully saturated rings. The van der Waals surface area contributed by atoms with Crippen LogP contribution in [0.15, 0.2) is 60.9 Å². The second-order valence-corrected chi connectivity index (χ2v) is 6.57. The van der Waals surface area contributed by atoms with Crippen LogP contribution in [-0.2, 0) is 17.8 Å². The second kappa shape index (κ2) is 10.3. The van der Waals surface area contributed by atoms with E-state index in [0.29, 0.717) is 31.2 Å². The van der Waals surface area contributed by atoms with Gasteiger partial charge in [0.25, 0.3) is 0 Å². The lowest BCUT2D eigenvalue weighted by molar-refractivity contribution is 0.146. The smallest absolute Gasteiger partial charge is 0.319 e. The Kier molecular flexibility index (Phi) is 7.24. The molecule has 0 radical (unpaired) electrons. The number of anilines is 1. The lowest BCUT2D eigenvalue weighted by Crippen LogP contribution is -2.28. The number of carbonyl (C=O) groups excluding carboxylic acids is 1. The van der Waals surface area contributed by atoms with Gasteiger partial charge in [0.2, 0.25) is 0 Å². The molecule has 0 aliphatic heterocycles. The number of carbonyl (C=O) groups is 1. The molecule has 7 nitrogen and oxygen atoms in total. The molecular formula is C22H26N4O3. The van der Waals surface area contributed by atoms with E-state index in [1.165, 1.54) is 0 Å². The number of ether oxygens (including phenoxy) is 2. The molecule has 0 atom stereocenters. The zero-order valence-corrected chi connectivity index (χ0v) is 16.7. The molecule has 3 aromatic rings. The molecule has 2 N–H and O–H groups in total. The van der Waals surface area contributed by atoms with Crippen molar-refractivity contribution in [3.05, 3.63) is 77.9 Å². The maximum Gasteiger partial charge on any atom is 0.319 e. The van der Waals surface area contributed by atoms with Gasteiger partial charge >= 0.3 is 6.03 Å². The van der Waals surface area contributed by atoms with Gasteiger partial charge in [-0.05, 0) is 30.2 Å². The minimum Gasteiger partial charge on any atom is -0.489 e. The minimum absolute atomic E-state index is 0.288. The van der Waals surface area contributed by atoms with Gasteiger partial charge in [0.1, 0.15) is 18.2 Å². The van der Waals surface area contributed by atoms with Gasteiger partial charge in [0, 0.05) is 32.6 Å². The molecule has 0 unspecified atom stereocenters. The Morgan fingerprint density at radius 1 is 1.10 bits per heavy atom. The molecule has 152 valence electrons. The van der Waals surface area contributed by atoms with E-state index < -0.39 is 0 Å². The molecule has 0 spiro atoms. The van der Waals surface area contributed by atoms with Crippen LogP contribution in [0.1, 0.15) is 17.0 Å². The quantitative estimate of drug-likeness (QED) is 0.544. The molecule has 3 rings (SSSR count). The van der Waals surface area contributed by atoms with E-state index in [1.807, 2.05) is 43.5 Å². The number of hydrogen-bond acceptors (Lipinski definition) is 4. The van der Waals surface area contributed by atoms with Crippen LogP contribution in [0.2, 0.25) is 0 Å². The van der Waals surface area contributed by atoms with Crippen LogP contribution in [0.25, 0.3) is 0 Å². The van der Waals surface area contributed by atoms with E-state index in [4.69, 9.17) is 9.47 Å². The van der Waals surface area contributed by atoms with Crippen molar-refractivity contribution in [1.29, 1.82) is 0 Å². The second-order valence-electron chi connectivity index (χ2n) is 6.57. The van der Waals surface area contributed by atoms with E-state index in [0.717, 1.165) is 23.5 Å². The van der Waals surface area contributed by atoms with Crippen LogP contribution >= 0.6 is 0 Å². The van der Waals surface area contributed by atoms with Crippen LogP contribution in [0, 0.1) is 6.92 Å². The number of urea groups is 1. The number of hydrogen-bond donors (Lipinski definition) is 2. The van der Waals surface area contributed by atoms with Gasteiger partial charge < -0.3 is 24.7 Å². The number of nitrogens with zero attached hydrogens (tertiary/aromatic N) is 2. The third-order valence-corrected chi connectivity index (χ3v) is 4.40. The van der Waals surface area contributed by atoms with Crippen LogP contribution in [0.4, 0.5) is 10.5 Å². The Bertz CT molecular complexity index is 939. The number of benzene rings is 2. The van der Waals surface area contributed by atoms with Crippen molar-refractivity contribution in [3.8, 4) is 5.75 Å². The van der Waals surface area contributed by atoms with Gasteiger partial charge in [0.05, 0.1) is 12.3 Å². The molecule has 0 aliphatic carbocycles. The number of amides is 2. The summed E-state index contributed by atoms with van der Waals surface area (Å²) in [6, 6.07) is 15.2. The minimum atomic E-state index is -0.288. The first-order chi connectivity index (χ1) is 14.2. The Balaban J connectivity index is 1.55. The summed E-state index contributed by atoms with van der Waals surface area (Å²) in [4.78, 5) is 16.6. The molecule has 0 bridgehead atoms. The van der Waals surface area contributed by atoms with Gasteiger partial charge in [-0.2, -0.15) is 0 Å². The van der Waals surface area contributed by atoms with Crippen molar-refractivity contribution >= 4 is 11.7 Å². The molecular weight excluding hydrogens is 368 g/mol. The highest BCUT2D eigenvalue weighted by atomic mass is 16.5. The van der Waals surface area contributed by atoms with Gasteiger partial charge in [-0.1, -0.05) is 36.4 Å². The molecule has 0 saturated carbocycles. The Morgan fingerprint density at radius 3 is 2.72 bits per heavy atom. The van der Waals surface area contributed by atoms with Crippen LogP contribution in [0.3, 0.4) is 0 Å². The van der Waals surface area contributed by atoms with Crippen molar-refractivity contribution in [2.24, 2.45) is 0 Å². The van der Waals surface area contributed by atoms with Crippen molar-refractivity contribution in [3.63, 3.8) is 0 Å². The molecule has 1 heterocycles. The summed E-state index contributed by atoms with van der Waals surface area (Å²) in [6.07, 6.45) is 3.75. The number of aryl methyl sites for hydroxylation is 1. The van der Waals surface area contributed by atoms with Crippen molar-refractivity contribution in [2.45, 2.75) is 20.0 Å². The lowest BCUT2D eigenvalue weighted by Gasteiger charge is -2.13. The summed E-state index contributed by atoms with van der Waals surface area (Å²) in [5.41, 5.74) is 2.80. The van der Waals surface area contributed by atoms with Crippen LogP contribution in [-0.4, -0.2) is 35.9 Å². The summed E-state index contributed by atoms with van der Waals surface area (Å²) in [5, 5.41) is 5.73. The largest absolute Gasteiger partial charge is 0.489 e. The summed E-state index contributed by atoms with van der Waals surface area (Å²) < 4.78 is 12.7. The molecule has 0 saturated heterocycles. The zero-order chi connectivity index (χ0) is 20.5. The van der Waals surface area contributed by atoms with E-state index in [2.05, 4.69) is 32.3 Å². The Hall–Kier alpha value is -3.32. The first-order valence-corrected chi connectivity index (χ1v) is 9.47. The fraction of sp³-hybridized carbons (Fsp3) is 0.273. The fourth-order valence-corrected chi connectivity index (χ4v) is 2.89. The monoisotopic (exact) mass is 394 g/mol. The molecule has 7 heteroatoms. The molecule has 2 aromatic carbocycles. The first-order valence-electron chi connectivity index (χ1n) is 9.47. The number of aromatic nitrogens is 2. The molecule has 2 amide bonds. The van der Waals surface area contributed by atoms with Gasteiger partial charge in [-0.3, -0.25) is 0 Å². The molecule has 0 aliphatic rings. The van der Waals surface area contributed by atoms with E-state index in [-0.39, 0.29) is 6.03 Å². The average Bonchev–Trinajstić information content (AvgIpc) is 3.13. The van der Waals surface area contributed by atoms with Crippen molar-refractivity contribution < 1.29 is 14.3 Å². The average molecular weight is 394 g/mol. The normalized spacial score (nSPS) is 10.6. The van der Waals surface area contributed by atoms with Crippen LogP contribution < -0.4 is 15.4 Å². The maximum absolute atomic E-state index is 12.3. The SMILES string of the molecule is COCCOc1ccccc1NC(=O)NCc1cccc(Cn2ccnc2C)c1. The summed E-state index contributed by atoms with van der Waals surface area (Å²) in [5.74, 6) is 1.58. The van der Waals surface area contributed by atoms with E-state index in [9.17, 15) is 4.79 Å². The summed E-state index contributed by atoms with van der Waals surface area (Å²) in [7, 11) is 1.62. The number of rotatable bonds is 9. The van der Waals surface area contributed by atoms with Crippen molar-refractivity contribution in [2.75, 3.05) is 25.6 Å². The molecule has 1 aromatic heterocycles. The summed E-state index contributed by atoms with van der Waals surface area (Å²) in [6.45, 7) is 4.05. The first kappa shape index (κ1) is 20.4. The standard InChI is InChI=1S/C22H26N4O3/c1-17-23-10-11-26(17)16-19-7-5-6-18(14-19)15-24-22(27)25-20-8-3-4-9-21(20)29-13-12-28-2/h3-11,14H,12-13,15-16H2,1-2H3,(H2,24,25,27).